The molecule has 0 saturated carbocycles. The maximum Gasteiger partial charge on any atom is 0.173 e. The molecule has 0 radical (unpaired) electrons. The Morgan fingerprint density at radius 2 is 2.20 bits per heavy atom. The fraction of sp³-hybridized carbons (Fsp3) is 0.471. The molecule has 8 heteroatoms. The van der Waals surface area contributed by atoms with Crippen LogP contribution in [0.1, 0.15) is 19.7 Å². The molecule has 4 rings (SSSR count). The van der Waals surface area contributed by atoms with Gasteiger partial charge in [0, 0.05) is 25.4 Å². The molecule has 3 aromatic rings. The Balaban J connectivity index is 1.96. The molecule has 1 saturated heterocycles. The van der Waals surface area contributed by atoms with Crippen LogP contribution in [0.2, 0.25) is 0 Å². The van der Waals surface area contributed by atoms with Gasteiger partial charge in [0.05, 0.1) is 30.6 Å². The number of nitrogens with zero attached hydrogens (tertiary/aromatic N) is 6. The zero-order valence-corrected chi connectivity index (χ0v) is 16.2. The van der Waals surface area contributed by atoms with Gasteiger partial charge in [-0.1, -0.05) is 0 Å². The number of halogens is 1. The summed E-state index contributed by atoms with van der Waals surface area (Å²) in [6.45, 7) is 9.37. The molecule has 0 aliphatic carbocycles. The largest absolute Gasteiger partial charge is 0.377 e. The number of fused-ring (bicyclic) bond motifs is 1. The second kappa shape index (κ2) is 6.42. The summed E-state index contributed by atoms with van der Waals surface area (Å²) in [4.78, 5) is 11.8. The van der Waals surface area contributed by atoms with E-state index in [2.05, 4.69) is 55.2 Å². The van der Waals surface area contributed by atoms with Crippen LogP contribution in [0.15, 0.2) is 22.9 Å². The fourth-order valence-corrected chi connectivity index (χ4v) is 3.93. The molecule has 1 atom stereocenters. The fourth-order valence-electron chi connectivity index (χ4n) is 3.40. The molecule has 0 N–H and O–H groups in total. The summed E-state index contributed by atoms with van der Waals surface area (Å²) in [5, 5.41) is 4.38. The van der Waals surface area contributed by atoms with Crippen molar-refractivity contribution in [3.8, 4) is 11.4 Å². The van der Waals surface area contributed by atoms with Gasteiger partial charge >= 0.3 is 0 Å². The first-order valence-electron chi connectivity index (χ1n) is 8.52. The van der Waals surface area contributed by atoms with E-state index in [0.717, 1.165) is 59.6 Å². The number of morpholine rings is 1. The first-order chi connectivity index (χ1) is 12.1. The minimum absolute atomic E-state index is 0.295. The lowest BCUT2D eigenvalue weighted by molar-refractivity contribution is 0.0984. The molecule has 7 nitrogen and oxygen atoms in total. The van der Waals surface area contributed by atoms with E-state index in [0.29, 0.717) is 6.04 Å². The molecule has 0 spiro atoms. The molecule has 1 aliphatic rings. The summed E-state index contributed by atoms with van der Waals surface area (Å²) < 4.78 is 10.4. The quantitative estimate of drug-likeness (QED) is 0.671. The Morgan fingerprint density at radius 3 is 2.96 bits per heavy atom. The van der Waals surface area contributed by atoms with Crippen molar-refractivity contribution in [3.05, 3.63) is 28.8 Å². The molecular weight excluding hydrogens is 384 g/mol. The number of ether oxygens (including phenoxy) is 1. The highest BCUT2D eigenvalue weighted by molar-refractivity contribution is 9.10. The summed E-state index contributed by atoms with van der Waals surface area (Å²) in [6, 6.07) is 4.44. The third kappa shape index (κ3) is 2.73. The van der Waals surface area contributed by atoms with E-state index in [1.165, 1.54) is 0 Å². The Labute approximate surface area is 154 Å². The molecule has 4 heterocycles. The minimum Gasteiger partial charge on any atom is -0.377 e. The summed E-state index contributed by atoms with van der Waals surface area (Å²) in [5.74, 6) is 2.01. The molecule has 0 bridgehead atoms. The van der Waals surface area contributed by atoms with Gasteiger partial charge in [0.25, 0.3) is 0 Å². The Kier molecular flexibility index (Phi) is 4.24. The zero-order chi connectivity index (χ0) is 17.6. The van der Waals surface area contributed by atoms with Crippen LogP contribution >= 0.6 is 15.9 Å². The smallest absolute Gasteiger partial charge is 0.173 e. The van der Waals surface area contributed by atoms with E-state index in [1.54, 1.807) is 0 Å². The summed E-state index contributed by atoms with van der Waals surface area (Å²) in [5.41, 5.74) is 2.74. The first-order valence-corrected chi connectivity index (χ1v) is 9.31. The number of hydrogen-bond donors (Lipinski definition) is 0. The van der Waals surface area contributed by atoms with E-state index in [4.69, 9.17) is 9.72 Å². The second-order valence-corrected chi connectivity index (χ2v) is 7.01. The molecule has 25 heavy (non-hydrogen) atoms. The Bertz CT molecular complexity index is 917. The van der Waals surface area contributed by atoms with Crippen molar-refractivity contribution in [2.45, 2.75) is 33.4 Å². The summed E-state index contributed by atoms with van der Waals surface area (Å²) >= 11 is 3.56. The van der Waals surface area contributed by atoms with E-state index >= 15 is 0 Å². The van der Waals surface area contributed by atoms with Gasteiger partial charge in [-0.25, -0.2) is 9.97 Å². The Hall–Kier alpha value is -1.93. The average Bonchev–Trinajstić information content (AvgIpc) is 3.19. The standard InChI is InChI=1S/C17H21BrN6O/c1-4-23-14(5-6-19-23)13-9-15(22-7-8-25-10-11(22)2)24-12(3)20-16(18)17(24)21-13/h5-6,9,11H,4,7-8,10H2,1-3H3/t11-/m1/s1. The predicted octanol–water partition coefficient (Wildman–Crippen LogP) is 2.91. The van der Waals surface area contributed by atoms with Crippen LogP contribution in [0.3, 0.4) is 0 Å². The van der Waals surface area contributed by atoms with E-state index < -0.39 is 0 Å². The number of hydrogen-bond acceptors (Lipinski definition) is 5. The van der Waals surface area contributed by atoms with Crippen molar-refractivity contribution in [1.29, 1.82) is 0 Å². The Morgan fingerprint density at radius 1 is 1.36 bits per heavy atom. The second-order valence-electron chi connectivity index (χ2n) is 6.26. The summed E-state index contributed by atoms with van der Waals surface area (Å²) in [6.07, 6.45) is 1.82. The van der Waals surface area contributed by atoms with Gasteiger partial charge in [0.2, 0.25) is 0 Å². The van der Waals surface area contributed by atoms with Crippen molar-refractivity contribution in [1.82, 2.24) is 24.1 Å². The number of rotatable bonds is 3. The lowest BCUT2D eigenvalue weighted by atomic mass is 10.2. The van der Waals surface area contributed by atoms with Crippen molar-refractivity contribution in [2.75, 3.05) is 24.7 Å². The minimum atomic E-state index is 0.295. The van der Waals surface area contributed by atoms with Gasteiger partial charge in [0.15, 0.2) is 10.3 Å². The van der Waals surface area contributed by atoms with Crippen LogP contribution in [-0.4, -0.2) is 49.9 Å². The van der Waals surface area contributed by atoms with Crippen LogP contribution in [0.4, 0.5) is 5.82 Å². The van der Waals surface area contributed by atoms with Gasteiger partial charge in [-0.15, -0.1) is 0 Å². The molecule has 1 aliphatic heterocycles. The highest BCUT2D eigenvalue weighted by Crippen LogP contribution is 2.30. The lowest BCUT2D eigenvalue weighted by Gasteiger charge is -2.35. The molecule has 3 aromatic heterocycles. The topological polar surface area (TPSA) is 60.5 Å². The zero-order valence-electron chi connectivity index (χ0n) is 14.6. The van der Waals surface area contributed by atoms with Gasteiger partial charge in [-0.3, -0.25) is 9.08 Å². The average molecular weight is 405 g/mol. The first kappa shape index (κ1) is 16.5. The predicted molar refractivity (Wildman–Crippen MR) is 99.9 cm³/mol. The molecule has 1 fully saturated rings. The SMILES string of the molecule is CCn1nccc1-c1cc(N2CCOC[C@H]2C)n2c(C)nc(Br)c2n1. The highest BCUT2D eigenvalue weighted by atomic mass is 79.9. The number of aryl methyl sites for hydroxylation is 2. The maximum absolute atomic E-state index is 5.61. The summed E-state index contributed by atoms with van der Waals surface area (Å²) in [7, 11) is 0. The normalized spacial score (nSPS) is 18.2. The van der Waals surface area contributed by atoms with Crippen LogP contribution < -0.4 is 4.90 Å². The van der Waals surface area contributed by atoms with Crippen molar-refractivity contribution in [2.24, 2.45) is 0 Å². The third-order valence-electron chi connectivity index (χ3n) is 4.64. The molecule has 132 valence electrons. The van der Waals surface area contributed by atoms with Crippen molar-refractivity contribution >= 4 is 27.4 Å². The van der Waals surface area contributed by atoms with Crippen LogP contribution in [-0.2, 0) is 11.3 Å². The highest BCUT2D eigenvalue weighted by Gasteiger charge is 2.25. The van der Waals surface area contributed by atoms with E-state index in [-0.39, 0.29) is 0 Å². The van der Waals surface area contributed by atoms with Gasteiger partial charge in [0.1, 0.15) is 11.6 Å². The van der Waals surface area contributed by atoms with E-state index in [1.807, 2.05) is 23.9 Å². The van der Waals surface area contributed by atoms with Gasteiger partial charge < -0.3 is 9.64 Å². The van der Waals surface area contributed by atoms with Crippen molar-refractivity contribution in [3.63, 3.8) is 0 Å². The number of imidazole rings is 1. The molecule has 0 unspecified atom stereocenters. The monoisotopic (exact) mass is 404 g/mol. The van der Waals surface area contributed by atoms with Gasteiger partial charge in [-0.05, 0) is 42.8 Å². The molecule has 0 aromatic carbocycles. The maximum atomic E-state index is 5.61. The third-order valence-corrected chi connectivity index (χ3v) is 5.17. The lowest BCUT2D eigenvalue weighted by Crippen LogP contribution is -2.44. The number of anilines is 1. The molecule has 0 amide bonds. The van der Waals surface area contributed by atoms with E-state index in [9.17, 15) is 0 Å². The molecular formula is C17H21BrN6O. The number of aromatic nitrogens is 5. The van der Waals surface area contributed by atoms with Crippen LogP contribution in [0.5, 0.6) is 0 Å². The van der Waals surface area contributed by atoms with Crippen LogP contribution in [0, 0.1) is 6.92 Å². The van der Waals surface area contributed by atoms with Gasteiger partial charge in [-0.2, -0.15) is 5.10 Å². The van der Waals surface area contributed by atoms with Crippen LogP contribution in [0.25, 0.3) is 17.0 Å². The van der Waals surface area contributed by atoms with Crippen molar-refractivity contribution < 1.29 is 4.74 Å².